The summed E-state index contributed by atoms with van der Waals surface area (Å²) >= 11 is 0. The summed E-state index contributed by atoms with van der Waals surface area (Å²) in [6.07, 6.45) is 6.05. The molecule has 9 nitrogen and oxygen atoms in total. The number of anilines is 1. The normalized spacial score (nSPS) is 27.2. The highest BCUT2D eigenvalue weighted by atomic mass is 16.5. The van der Waals surface area contributed by atoms with E-state index in [0.29, 0.717) is 50.2 Å². The molecule has 1 N–H and O–H groups in total. The Balaban J connectivity index is 1.72. The number of likely N-dealkylation sites (N-methyl/N-ethyl adjacent to an activating group) is 1. The molecule has 2 unspecified atom stereocenters. The molecule has 1 spiro atoms. The van der Waals surface area contributed by atoms with Crippen molar-refractivity contribution in [2.75, 3.05) is 45.3 Å². The largest absolute Gasteiger partial charge is 0.497 e. The number of benzene rings is 1. The van der Waals surface area contributed by atoms with Crippen LogP contribution in [0.4, 0.5) is 5.69 Å². The van der Waals surface area contributed by atoms with Crippen molar-refractivity contribution >= 4 is 23.4 Å². The molecule has 3 aliphatic rings. The smallest absolute Gasteiger partial charge is 0.253 e. The first-order valence-corrected chi connectivity index (χ1v) is 13.4. The van der Waals surface area contributed by atoms with Crippen molar-refractivity contribution in [2.45, 2.75) is 49.9 Å². The quantitative estimate of drug-likeness (QED) is 0.314. The first-order valence-electron chi connectivity index (χ1n) is 13.4. The summed E-state index contributed by atoms with van der Waals surface area (Å²) in [5, 5.41) is 9.22. The lowest BCUT2D eigenvalue weighted by Crippen LogP contribution is -2.56. The molecule has 0 radical (unpaired) electrons. The van der Waals surface area contributed by atoms with Crippen LogP contribution in [0.5, 0.6) is 5.75 Å². The molecule has 38 heavy (non-hydrogen) atoms. The Morgan fingerprint density at radius 3 is 2.50 bits per heavy atom. The number of aliphatic hydroxyl groups excluding tert-OH is 1. The Labute approximate surface area is 224 Å². The molecule has 3 aliphatic heterocycles. The number of hydrogen-bond donors (Lipinski definition) is 1. The summed E-state index contributed by atoms with van der Waals surface area (Å²) in [6, 6.07) is 6.33. The maximum atomic E-state index is 14.4. The maximum Gasteiger partial charge on any atom is 0.253 e. The minimum atomic E-state index is -1.06. The van der Waals surface area contributed by atoms with Gasteiger partial charge < -0.3 is 29.3 Å². The molecule has 1 aromatic rings. The highest BCUT2D eigenvalue weighted by Crippen LogP contribution is 2.59. The highest BCUT2D eigenvalue weighted by molar-refractivity contribution is 6.05. The zero-order valence-electron chi connectivity index (χ0n) is 22.4. The van der Waals surface area contributed by atoms with E-state index >= 15 is 0 Å². The molecule has 5 atom stereocenters. The molecular formula is C29H39N3O6. The van der Waals surface area contributed by atoms with Crippen LogP contribution < -0.4 is 9.64 Å². The van der Waals surface area contributed by atoms with Crippen LogP contribution in [0.1, 0.15) is 32.1 Å². The minimum absolute atomic E-state index is 0.0739. The van der Waals surface area contributed by atoms with Gasteiger partial charge in [-0.1, -0.05) is 12.2 Å². The van der Waals surface area contributed by atoms with E-state index in [2.05, 4.69) is 13.2 Å². The van der Waals surface area contributed by atoms with E-state index in [9.17, 15) is 19.5 Å². The lowest BCUT2D eigenvalue weighted by Gasteiger charge is -2.37. The van der Waals surface area contributed by atoms with Gasteiger partial charge in [0, 0.05) is 39.0 Å². The number of rotatable bonds is 13. The number of unbranched alkanes of at least 4 members (excludes halogenated alkanes) is 2. The van der Waals surface area contributed by atoms with Crippen molar-refractivity contribution in [1.82, 2.24) is 9.80 Å². The van der Waals surface area contributed by atoms with Crippen LogP contribution in [0.2, 0.25) is 0 Å². The SMILES string of the molecule is C=CCN(C)C(=O)[C@@H]1[C@@H]2CCC3(O2)C(C(=O)N(CC=C)c2ccc(OC)cc2)N(CCCCCO)C(=O)[C@H]13. The molecule has 206 valence electrons. The Kier molecular flexibility index (Phi) is 8.57. The van der Waals surface area contributed by atoms with E-state index in [1.807, 2.05) is 0 Å². The average molecular weight is 526 g/mol. The van der Waals surface area contributed by atoms with Crippen LogP contribution in [-0.2, 0) is 19.1 Å². The standard InChI is InChI=1S/C29H39N3O6/c1-5-16-30(3)26(34)23-22-14-15-29(38-22)24(23)27(35)32(18-8-7-9-19-33)25(29)28(36)31(17-6-2)20-10-12-21(37-4)13-11-20/h5-6,10-13,22-25,33H,1-2,7-9,14-19H2,3-4H3/t22-,23+,24-,25?,29?/m0/s1. The number of fused-ring (bicyclic) bond motifs is 1. The number of hydrogen-bond acceptors (Lipinski definition) is 6. The second-order valence-corrected chi connectivity index (χ2v) is 10.3. The summed E-state index contributed by atoms with van der Waals surface area (Å²) in [5.74, 6) is -1.28. The molecule has 2 bridgehead atoms. The minimum Gasteiger partial charge on any atom is -0.497 e. The van der Waals surface area contributed by atoms with E-state index in [1.54, 1.807) is 65.3 Å². The predicted octanol–water partition coefficient (Wildman–Crippen LogP) is 2.40. The van der Waals surface area contributed by atoms with Crippen LogP contribution >= 0.6 is 0 Å². The fourth-order valence-corrected chi connectivity index (χ4v) is 6.42. The van der Waals surface area contributed by atoms with E-state index in [1.165, 1.54) is 0 Å². The van der Waals surface area contributed by atoms with Crippen LogP contribution in [0, 0.1) is 11.8 Å². The number of likely N-dealkylation sites (tertiary alicyclic amines) is 1. The van der Waals surface area contributed by atoms with Crippen molar-refractivity contribution in [3.63, 3.8) is 0 Å². The van der Waals surface area contributed by atoms with Gasteiger partial charge in [0.2, 0.25) is 11.8 Å². The Morgan fingerprint density at radius 2 is 1.87 bits per heavy atom. The molecule has 3 heterocycles. The average Bonchev–Trinajstić information content (AvgIpc) is 3.56. The van der Waals surface area contributed by atoms with Gasteiger partial charge in [0.05, 0.1) is 25.0 Å². The number of carbonyl (C=O) groups excluding carboxylic acids is 3. The van der Waals surface area contributed by atoms with Crippen LogP contribution in [-0.4, -0.2) is 90.8 Å². The van der Waals surface area contributed by atoms with Crippen molar-refractivity contribution < 1.29 is 29.0 Å². The van der Waals surface area contributed by atoms with Gasteiger partial charge in [-0.2, -0.15) is 0 Å². The van der Waals surface area contributed by atoms with Gasteiger partial charge in [-0.3, -0.25) is 14.4 Å². The molecule has 3 amide bonds. The molecule has 0 saturated carbocycles. The molecule has 3 fully saturated rings. The Bertz CT molecular complexity index is 1060. The molecule has 9 heteroatoms. The third-order valence-electron chi connectivity index (χ3n) is 8.12. The number of amides is 3. The predicted molar refractivity (Wildman–Crippen MR) is 144 cm³/mol. The monoisotopic (exact) mass is 525 g/mol. The lowest BCUT2D eigenvalue weighted by atomic mass is 9.70. The zero-order chi connectivity index (χ0) is 27.4. The number of nitrogens with zero attached hydrogens (tertiary/aromatic N) is 3. The summed E-state index contributed by atoms with van der Waals surface area (Å²) in [6.45, 7) is 8.62. The maximum absolute atomic E-state index is 14.4. The fraction of sp³-hybridized carbons (Fsp3) is 0.552. The van der Waals surface area contributed by atoms with Gasteiger partial charge in [0.1, 0.15) is 17.4 Å². The first kappa shape index (κ1) is 27.9. The van der Waals surface area contributed by atoms with Gasteiger partial charge >= 0.3 is 0 Å². The molecule has 0 aliphatic carbocycles. The number of aliphatic hydroxyl groups is 1. The lowest BCUT2D eigenvalue weighted by molar-refractivity contribution is -0.144. The van der Waals surface area contributed by atoms with Crippen LogP contribution in [0.25, 0.3) is 0 Å². The van der Waals surface area contributed by atoms with E-state index in [-0.39, 0.29) is 30.9 Å². The number of carbonyl (C=O) groups is 3. The molecular weight excluding hydrogens is 486 g/mol. The van der Waals surface area contributed by atoms with Gasteiger partial charge in [0.25, 0.3) is 5.91 Å². The number of ether oxygens (including phenoxy) is 2. The van der Waals surface area contributed by atoms with Crippen molar-refractivity contribution in [2.24, 2.45) is 11.8 Å². The van der Waals surface area contributed by atoms with E-state index in [0.717, 1.165) is 6.42 Å². The summed E-state index contributed by atoms with van der Waals surface area (Å²) in [4.78, 5) is 46.8. The summed E-state index contributed by atoms with van der Waals surface area (Å²) in [7, 11) is 3.28. The van der Waals surface area contributed by atoms with Crippen molar-refractivity contribution in [3.05, 3.63) is 49.6 Å². The second-order valence-electron chi connectivity index (χ2n) is 10.3. The third-order valence-corrected chi connectivity index (χ3v) is 8.12. The highest BCUT2D eigenvalue weighted by Gasteiger charge is 2.74. The van der Waals surface area contributed by atoms with E-state index in [4.69, 9.17) is 9.47 Å². The molecule has 4 rings (SSSR count). The van der Waals surface area contributed by atoms with Gasteiger partial charge in [0.15, 0.2) is 0 Å². The van der Waals surface area contributed by atoms with E-state index < -0.39 is 29.6 Å². The molecule has 0 aromatic heterocycles. The number of methoxy groups -OCH3 is 1. The summed E-state index contributed by atoms with van der Waals surface area (Å²) < 4.78 is 11.8. The van der Waals surface area contributed by atoms with Crippen molar-refractivity contribution in [3.8, 4) is 5.75 Å². The van der Waals surface area contributed by atoms with Gasteiger partial charge in [-0.05, 0) is 56.4 Å². The third kappa shape index (κ3) is 4.73. The molecule has 3 saturated heterocycles. The Hall–Kier alpha value is -3.17. The van der Waals surface area contributed by atoms with Gasteiger partial charge in [-0.25, -0.2) is 0 Å². The van der Waals surface area contributed by atoms with Crippen molar-refractivity contribution in [1.29, 1.82) is 0 Å². The van der Waals surface area contributed by atoms with Crippen LogP contribution in [0.15, 0.2) is 49.6 Å². The zero-order valence-corrected chi connectivity index (χ0v) is 22.4. The fourth-order valence-electron chi connectivity index (χ4n) is 6.42. The molecule has 1 aromatic carbocycles. The van der Waals surface area contributed by atoms with Gasteiger partial charge in [-0.15, -0.1) is 13.2 Å². The van der Waals surface area contributed by atoms with Crippen LogP contribution in [0.3, 0.4) is 0 Å². The Morgan fingerprint density at radius 1 is 1.16 bits per heavy atom. The first-order chi connectivity index (χ1) is 18.3. The summed E-state index contributed by atoms with van der Waals surface area (Å²) in [5.41, 5.74) is -0.397. The second kappa shape index (κ2) is 11.7. The topological polar surface area (TPSA) is 99.6 Å².